The first-order valence-corrected chi connectivity index (χ1v) is 6.89. The molecule has 2 amide bonds. The minimum absolute atomic E-state index is 0.0100. The summed E-state index contributed by atoms with van der Waals surface area (Å²) in [5.41, 5.74) is 5.50. The summed E-state index contributed by atoms with van der Waals surface area (Å²) >= 11 is 0.807. The van der Waals surface area contributed by atoms with Crippen molar-refractivity contribution in [2.75, 3.05) is 11.9 Å². The van der Waals surface area contributed by atoms with Crippen LogP contribution >= 0.6 is 11.3 Å². The van der Waals surface area contributed by atoms with Gasteiger partial charge in [-0.25, -0.2) is 4.79 Å². The lowest BCUT2D eigenvalue weighted by Crippen LogP contribution is -2.20. The third-order valence-corrected chi connectivity index (χ3v) is 3.68. The van der Waals surface area contributed by atoms with Gasteiger partial charge in [-0.3, -0.25) is 9.59 Å². The average Bonchev–Trinajstić information content (AvgIpc) is 2.73. The lowest BCUT2D eigenvalue weighted by molar-refractivity contribution is -0.297. The van der Waals surface area contributed by atoms with Gasteiger partial charge in [-0.2, -0.15) is 0 Å². The second kappa shape index (κ2) is 7.36. The molecule has 0 spiro atoms. The monoisotopic (exact) mass is 325 g/mol. The van der Waals surface area contributed by atoms with E-state index in [-0.39, 0.29) is 27.6 Å². The van der Waals surface area contributed by atoms with Gasteiger partial charge >= 0.3 is 5.97 Å². The number of esters is 1. The highest BCUT2D eigenvalue weighted by Gasteiger charge is 2.25. The summed E-state index contributed by atoms with van der Waals surface area (Å²) in [6.45, 7) is 3.21. The van der Waals surface area contributed by atoms with Crippen LogP contribution in [-0.4, -0.2) is 30.4 Å². The average molecular weight is 325 g/mol. The third-order valence-electron chi connectivity index (χ3n) is 2.46. The largest absolute Gasteiger partial charge is 0.545 e. The van der Waals surface area contributed by atoms with E-state index < -0.39 is 23.8 Å². The summed E-state index contributed by atoms with van der Waals surface area (Å²) in [4.78, 5) is 45.2. The number of rotatable bonds is 6. The Hall–Kier alpha value is -2.68. The fourth-order valence-corrected chi connectivity index (χ4v) is 2.63. The van der Waals surface area contributed by atoms with E-state index in [2.05, 4.69) is 5.32 Å². The van der Waals surface area contributed by atoms with Gasteiger partial charge in [-0.15, -0.1) is 11.3 Å². The minimum atomic E-state index is -1.54. The quantitative estimate of drug-likeness (QED) is 0.538. The van der Waals surface area contributed by atoms with Crippen molar-refractivity contribution in [1.82, 2.24) is 0 Å². The van der Waals surface area contributed by atoms with E-state index in [1.165, 1.54) is 6.92 Å². The van der Waals surface area contributed by atoms with Gasteiger partial charge in [0.2, 0.25) is 5.91 Å². The summed E-state index contributed by atoms with van der Waals surface area (Å²) in [6.07, 6.45) is 1.26. The van der Waals surface area contributed by atoms with Gasteiger partial charge in [-0.05, 0) is 25.5 Å². The molecule has 1 aromatic heterocycles. The number of aliphatic carboxylic acids is 1. The molecule has 8 nitrogen and oxygen atoms in total. The van der Waals surface area contributed by atoms with Gasteiger partial charge in [0.25, 0.3) is 5.91 Å². The number of carboxylic acid groups (broad SMARTS) is 1. The van der Waals surface area contributed by atoms with E-state index in [1.807, 2.05) is 0 Å². The molecule has 0 saturated carbocycles. The van der Waals surface area contributed by atoms with Crippen molar-refractivity contribution in [3.05, 3.63) is 28.2 Å². The lowest BCUT2D eigenvalue weighted by Gasteiger charge is -2.05. The van der Waals surface area contributed by atoms with E-state index in [9.17, 15) is 24.3 Å². The van der Waals surface area contributed by atoms with Crippen molar-refractivity contribution in [3.63, 3.8) is 0 Å². The highest BCUT2D eigenvalue weighted by atomic mass is 32.1. The van der Waals surface area contributed by atoms with Crippen LogP contribution in [0.3, 0.4) is 0 Å². The van der Waals surface area contributed by atoms with E-state index in [4.69, 9.17) is 10.5 Å². The Labute approximate surface area is 129 Å². The molecule has 1 rings (SSSR count). The maximum Gasteiger partial charge on any atom is 0.341 e. The summed E-state index contributed by atoms with van der Waals surface area (Å²) in [5.74, 6) is -3.81. The fourth-order valence-electron chi connectivity index (χ4n) is 1.58. The van der Waals surface area contributed by atoms with Crippen LogP contribution in [0.1, 0.15) is 32.5 Å². The fraction of sp³-hybridized carbons (Fsp3) is 0.231. The molecule has 0 aliphatic rings. The molecule has 0 saturated heterocycles. The maximum atomic E-state index is 11.9. The van der Waals surface area contributed by atoms with Gasteiger partial charge < -0.3 is 25.7 Å². The molecule has 118 valence electrons. The normalized spacial score (nSPS) is 10.5. The molecule has 9 heteroatoms. The molecule has 0 fully saturated rings. The molecule has 0 bridgehead atoms. The Kier molecular flexibility index (Phi) is 5.81. The van der Waals surface area contributed by atoms with Crippen LogP contribution in [-0.2, 0) is 14.3 Å². The Morgan fingerprint density at radius 1 is 1.32 bits per heavy atom. The summed E-state index contributed by atoms with van der Waals surface area (Å²) < 4.78 is 4.86. The Balaban J connectivity index is 3.19. The first-order chi connectivity index (χ1) is 10.3. The number of amides is 2. The number of carbonyl (C=O) groups is 4. The summed E-state index contributed by atoms with van der Waals surface area (Å²) in [5, 5.41) is 12.6. The van der Waals surface area contributed by atoms with Gasteiger partial charge in [-0.1, -0.05) is 0 Å². The molecular weight excluding hydrogens is 312 g/mol. The number of anilines is 1. The van der Waals surface area contributed by atoms with Crippen LogP contribution in [0, 0.1) is 6.92 Å². The molecule has 22 heavy (non-hydrogen) atoms. The molecule has 0 radical (unpaired) electrons. The molecule has 3 N–H and O–H groups in total. The van der Waals surface area contributed by atoms with Crippen molar-refractivity contribution in [2.24, 2.45) is 5.73 Å². The van der Waals surface area contributed by atoms with E-state index >= 15 is 0 Å². The molecule has 0 atom stereocenters. The third kappa shape index (κ3) is 4.16. The Morgan fingerprint density at radius 2 is 1.95 bits per heavy atom. The standard InChI is InChI=1S/C13H14N2O6S/c1-3-21-13(20)9-6(2)10(11(14)19)22-12(9)15-7(16)4-5-8(17)18/h4-5H,3H2,1-2H3,(H2,14,19)(H,15,16)(H,17,18)/p-1. The van der Waals surface area contributed by atoms with Crippen LogP contribution in [0.15, 0.2) is 12.2 Å². The van der Waals surface area contributed by atoms with Crippen molar-refractivity contribution < 1.29 is 29.0 Å². The summed E-state index contributed by atoms with van der Waals surface area (Å²) in [7, 11) is 0. The van der Waals surface area contributed by atoms with Gasteiger partial charge in [0.1, 0.15) is 5.00 Å². The highest BCUT2D eigenvalue weighted by Crippen LogP contribution is 2.33. The molecule has 1 heterocycles. The maximum absolute atomic E-state index is 11.9. The topological polar surface area (TPSA) is 139 Å². The van der Waals surface area contributed by atoms with Crippen molar-refractivity contribution >= 4 is 40.1 Å². The second-order valence-corrected chi connectivity index (χ2v) is 5.01. The van der Waals surface area contributed by atoms with Crippen LogP contribution < -0.4 is 16.2 Å². The van der Waals surface area contributed by atoms with Crippen LogP contribution in [0.25, 0.3) is 0 Å². The van der Waals surface area contributed by atoms with Crippen LogP contribution in [0.4, 0.5) is 5.00 Å². The molecule has 0 unspecified atom stereocenters. The highest BCUT2D eigenvalue weighted by molar-refractivity contribution is 7.18. The smallest absolute Gasteiger partial charge is 0.341 e. The van der Waals surface area contributed by atoms with Crippen LogP contribution in [0.5, 0.6) is 0 Å². The van der Waals surface area contributed by atoms with Crippen molar-refractivity contribution in [1.29, 1.82) is 0 Å². The van der Waals surface area contributed by atoms with E-state index in [0.29, 0.717) is 6.08 Å². The zero-order valence-corrected chi connectivity index (χ0v) is 12.6. The molecular formula is C13H13N2O6S-. The Bertz CT molecular complexity index is 662. The first kappa shape index (κ1) is 17.4. The van der Waals surface area contributed by atoms with E-state index in [1.54, 1.807) is 6.92 Å². The van der Waals surface area contributed by atoms with Crippen molar-refractivity contribution in [3.8, 4) is 0 Å². The van der Waals surface area contributed by atoms with Gasteiger partial charge in [0.05, 0.1) is 23.0 Å². The number of primary amides is 1. The zero-order valence-electron chi connectivity index (χ0n) is 11.8. The van der Waals surface area contributed by atoms with Crippen molar-refractivity contribution in [2.45, 2.75) is 13.8 Å². The first-order valence-electron chi connectivity index (χ1n) is 6.08. The number of thiophene rings is 1. The predicted octanol–water partition coefficient (Wildman–Crippen LogP) is -0.423. The van der Waals surface area contributed by atoms with Gasteiger partial charge in [0.15, 0.2) is 0 Å². The number of carboxylic acids is 1. The number of nitrogens with one attached hydrogen (secondary N) is 1. The van der Waals surface area contributed by atoms with Crippen LogP contribution in [0.2, 0.25) is 0 Å². The molecule has 1 aromatic rings. The molecule has 0 aliphatic heterocycles. The molecule has 0 aliphatic carbocycles. The number of hydrogen-bond acceptors (Lipinski definition) is 7. The number of hydrogen-bond donors (Lipinski definition) is 2. The lowest BCUT2D eigenvalue weighted by atomic mass is 10.1. The Morgan fingerprint density at radius 3 is 2.45 bits per heavy atom. The number of carbonyl (C=O) groups excluding carboxylic acids is 4. The molecule has 0 aromatic carbocycles. The van der Waals surface area contributed by atoms with E-state index in [0.717, 1.165) is 17.4 Å². The SMILES string of the molecule is CCOC(=O)c1c(NC(=O)C=CC(=O)[O-])sc(C(N)=O)c1C. The number of nitrogens with two attached hydrogens (primary N) is 1. The predicted molar refractivity (Wildman–Crippen MR) is 76.3 cm³/mol. The second-order valence-electron chi connectivity index (χ2n) is 3.99. The minimum Gasteiger partial charge on any atom is -0.545 e. The zero-order chi connectivity index (χ0) is 16.9. The number of ether oxygens (including phenoxy) is 1. The van der Waals surface area contributed by atoms with Gasteiger partial charge in [0, 0.05) is 6.08 Å². The summed E-state index contributed by atoms with van der Waals surface area (Å²) in [6, 6.07) is 0.